The van der Waals surface area contributed by atoms with Crippen molar-refractivity contribution in [1.82, 2.24) is 0 Å². The monoisotopic (exact) mass is 303 g/mol. The Morgan fingerprint density at radius 1 is 1.24 bits per heavy atom. The zero-order valence-electron chi connectivity index (χ0n) is 12.2. The van der Waals surface area contributed by atoms with Crippen LogP contribution in [0.3, 0.4) is 0 Å². The van der Waals surface area contributed by atoms with Gasteiger partial charge in [0.05, 0.1) is 17.8 Å². The molecule has 0 aromatic heterocycles. The van der Waals surface area contributed by atoms with E-state index in [1.807, 2.05) is 37.3 Å². The van der Waals surface area contributed by atoms with E-state index in [4.69, 9.17) is 16.3 Å². The molecule has 0 radical (unpaired) electrons. The Bertz CT molecular complexity index is 640. The quantitative estimate of drug-likeness (QED) is 0.897. The Morgan fingerprint density at radius 3 is 2.67 bits per heavy atom. The first-order valence-corrected chi connectivity index (χ1v) is 7.16. The second-order valence-corrected chi connectivity index (χ2v) is 5.24. The van der Waals surface area contributed by atoms with Crippen LogP contribution < -0.4 is 10.1 Å². The lowest BCUT2D eigenvalue weighted by molar-refractivity contribution is -0.116. The number of carbonyl (C=O) groups excluding carboxylic acids is 1. The van der Waals surface area contributed by atoms with Gasteiger partial charge in [0.15, 0.2) is 0 Å². The summed E-state index contributed by atoms with van der Waals surface area (Å²) in [5.41, 5.74) is 2.83. The average molecular weight is 304 g/mol. The molecule has 110 valence electrons. The molecule has 2 rings (SSSR count). The van der Waals surface area contributed by atoms with Crippen LogP contribution in [0.4, 0.5) is 5.69 Å². The number of hydrogen-bond acceptors (Lipinski definition) is 2. The maximum atomic E-state index is 12.0. The molecule has 0 atom stereocenters. The van der Waals surface area contributed by atoms with Crippen LogP contribution in [0.5, 0.6) is 5.75 Å². The number of benzene rings is 2. The van der Waals surface area contributed by atoms with Crippen molar-refractivity contribution in [2.24, 2.45) is 0 Å². The number of ether oxygens (including phenoxy) is 1. The van der Waals surface area contributed by atoms with Gasteiger partial charge in [-0.15, -0.1) is 0 Å². The summed E-state index contributed by atoms with van der Waals surface area (Å²) in [6.07, 6.45) is 1.10. The molecule has 0 aliphatic heterocycles. The van der Waals surface area contributed by atoms with Crippen LogP contribution in [0.1, 0.15) is 17.5 Å². The molecule has 0 bridgehead atoms. The van der Waals surface area contributed by atoms with Crippen molar-refractivity contribution in [1.29, 1.82) is 0 Å². The van der Waals surface area contributed by atoms with Crippen molar-refractivity contribution in [2.75, 3.05) is 12.4 Å². The maximum Gasteiger partial charge on any atom is 0.224 e. The summed E-state index contributed by atoms with van der Waals surface area (Å²) in [7, 11) is 1.65. The summed E-state index contributed by atoms with van der Waals surface area (Å²) in [5, 5.41) is 3.37. The second-order valence-electron chi connectivity index (χ2n) is 4.83. The predicted octanol–water partition coefficient (Wildman–Crippen LogP) is 4.23. The van der Waals surface area contributed by atoms with Gasteiger partial charge >= 0.3 is 0 Å². The zero-order valence-corrected chi connectivity index (χ0v) is 12.9. The molecule has 3 nitrogen and oxygen atoms in total. The van der Waals surface area contributed by atoms with Crippen LogP contribution in [0, 0.1) is 6.92 Å². The maximum absolute atomic E-state index is 12.0. The van der Waals surface area contributed by atoms with Crippen molar-refractivity contribution in [3.05, 3.63) is 58.6 Å². The first-order chi connectivity index (χ1) is 10.1. The second kappa shape index (κ2) is 7.14. The molecule has 0 aliphatic rings. The molecule has 0 heterocycles. The Balaban J connectivity index is 1.92. The molecule has 2 aromatic carbocycles. The minimum absolute atomic E-state index is 0.0448. The SMILES string of the molecule is COc1ccc(CCC(=O)Nc2ccccc2Cl)cc1C. The minimum atomic E-state index is -0.0448. The third-order valence-electron chi connectivity index (χ3n) is 3.25. The van der Waals surface area contributed by atoms with Crippen molar-refractivity contribution in [2.45, 2.75) is 19.8 Å². The minimum Gasteiger partial charge on any atom is -0.496 e. The highest BCUT2D eigenvalue weighted by atomic mass is 35.5. The number of hydrogen-bond donors (Lipinski definition) is 1. The number of carbonyl (C=O) groups is 1. The number of aryl methyl sites for hydroxylation is 2. The highest BCUT2D eigenvalue weighted by molar-refractivity contribution is 6.33. The normalized spacial score (nSPS) is 10.2. The van der Waals surface area contributed by atoms with Crippen molar-refractivity contribution in [3.63, 3.8) is 0 Å². The fraction of sp³-hybridized carbons (Fsp3) is 0.235. The fourth-order valence-corrected chi connectivity index (χ4v) is 2.31. The van der Waals surface area contributed by atoms with Gasteiger partial charge in [-0.2, -0.15) is 0 Å². The topological polar surface area (TPSA) is 38.3 Å². The summed E-state index contributed by atoms with van der Waals surface area (Å²) >= 11 is 6.01. The van der Waals surface area contributed by atoms with Crippen LogP contribution in [0.2, 0.25) is 5.02 Å². The number of methoxy groups -OCH3 is 1. The van der Waals surface area contributed by atoms with Crippen LogP contribution in [0.15, 0.2) is 42.5 Å². The van der Waals surface area contributed by atoms with Crippen LogP contribution in [0.25, 0.3) is 0 Å². The van der Waals surface area contributed by atoms with Gasteiger partial charge < -0.3 is 10.1 Å². The summed E-state index contributed by atoms with van der Waals surface area (Å²) in [6, 6.07) is 13.2. The Kier molecular flexibility index (Phi) is 5.23. The molecule has 21 heavy (non-hydrogen) atoms. The Labute approximate surface area is 129 Å². The number of anilines is 1. The third-order valence-corrected chi connectivity index (χ3v) is 3.58. The summed E-state index contributed by atoms with van der Waals surface area (Å²) in [4.78, 5) is 12.0. The van der Waals surface area contributed by atoms with Gasteiger partial charge in [-0.25, -0.2) is 0 Å². The Hall–Kier alpha value is -2.00. The molecule has 2 aromatic rings. The van der Waals surface area contributed by atoms with E-state index in [9.17, 15) is 4.79 Å². The third kappa shape index (κ3) is 4.23. The molecular weight excluding hydrogens is 286 g/mol. The van der Waals surface area contributed by atoms with Gasteiger partial charge in [0, 0.05) is 6.42 Å². The van der Waals surface area contributed by atoms with Gasteiger partial charge in [-0.3, -0.25) is 4.79 Å². The fourth-order valence-electron chi connectivity index (χ4n) is 2.13. The largest absolute Gasteiger partial charge is 0.496 e. The number of halogens is 1. The van der Waals surface area contributed by atoms with E-state index in [1.165, 1.54) is 0 Å². The number of para-hydroxylation sites is 1. The first kappa shape index (κ1) is 15.4. The molecule has 1 amide bonds. The molecule has 0 saturated carbocycles. The van der Waals surface area contributed by atoms with Crippen LogP contribution in [-0.4, -0.2) is 13.0 Å². The van der Waals surface area contributed by atoms with Crippen molar-refractivity contribution in [3.8, 4) is 5.75 Å². The molecular formula is C17H18ClNO2. The van der Waals surface area contributed by atoms with E-state index >= 15 is 0 Å². The standard InChI is InChI=1S/C17H18ClNO2/c1-12-11-13(7-9-16(12)21-2)8-10-17(20)19-15-6-4-3-5-14(15)18/h3-7,9,11H,8,10H2,1-2H3,(H,19,20). The van der Waals surface area contributed by atoms with E-state index in [0.29, 0.717) is 23.6 Å². The Morgan fingerprint density at radius 2 is 2.00 bits per heavy atom. The molecule has 0 spiro atoms. The van der Waals surface area contributed by atoms with E-state index < -0.39 is 0 Å². The van der Waals surface area contributed by atoms with Gasteiger partial charge in [-0.05, 0) is 42.7 Å². The van der Waals surface area contributed by atoms with E-state index in [0.717, 1.165) is 16.9 Å². The lowest BCUT2D eigenvalue weighted by Crippen LogP contribution is -2.12. The van der Waals surface area contributed by atoms with E-state index in [1.54, 1.807) is 19.2 Å². The molecule has 0 fully saturated rings. The molecule has 1 N–H and O–H groups in total. The number of rotatable bonds is 5. The van der Waals surface area contributed by atoms with Gasteiger partial charge in [-0.1, -0.05) is 35.9 Å². The van der Waals surface area contributed by atoms with Crippen LogP contribution >= 0.6 is 11.6 Å². The van der Waals surface area contributed by atoms with Gasteiger partial charge in [0.25, 0.3) is 0 Å². The van der Waals surface area contributed by atoms with Crippen molar-refractivity contribution >= 4 is 23.2 Å². The lowest BCUT2D eigenvalue weighted by atomic mass is 10.1. The summed E-state index contributed by atoms with van der Waals surface area (Å²) in [5.74, 6) is 0.816. The predicted molar refractivity (Wildman–Crippen MR) is 86.1 cm³/mol. The highest BCUT2D eigenvalue weighted by Crippen LogP contribution is 2.21. The number of nitrogens with one attached hydrogen (secondary N) is 1. The first-order valence-electron chi connectivity index (χ1n) is 6.78. The number of amides is 1. The molecule has 0 aliphatic carbocycles. The van der Waals surface area contributed by atoms with E-state index in [2.05, 4.69) is 5.32 Å². The highest BCUT2D eigenvalue weighted by Gasteiger charge is 2.06. The average Bonchev–Trinajstić information content (AvgIpc) is 2.48. The van der Waals surface area contributed by atoms with Crippen molar-refractivity contribution < 1.29 is 9.53 Å². The summed E-state index contributed by atoms with van der Waals surface area (Å²) in [6.45, 7) is 1.99. The molecule has 0 unspecified atom stereocenters. The zero-order chi connectivity index (χ0) is 15.2. The van der Waals surface area contributed by atoms with Gasteiger partial charge in [0.1, 0.15) is 5.75 Å². The summed E-state index contributed by atoms with van der Waals surface area (Å²) < 4.78 is 5.22. The smallest absolute Gasteiger partial charge is 0.224 e. The molecule has 4 heteroatoms. The van der Waals surface area contributed by atoms with Gasteiger partial charge in [0.2, 0.25) is 5.91 Å². The molecule has 0 saturated heterocycles. The van der Waals surface area contributed by atoms with Crippen LogP contribution in [-0.2, 0) is 11.2 Å². The van der Waals surface area contributed by atoms with E-state index in [-0.39, 0.29) is 5.91 Å². The lowest BCUT2D eigenvalue weighted by Gasteiger charge is -2.09.